The molecule has 0 radical (unpaired) electrons. The summed E-state index contributed by atoms with van der Waals surface area (Å²) < 4.78 is 0. The second-order valence-corrected chi connectivity index (χ2v) is 4.75. The number of hydrogen-bond donors (Lipinski definition) is 1. The van der Waals surface area contributed by atoms with Gasteiger partial charge in [0.25, 0.3) is 0 Å². The third kappa shape index (κ3) is 1.97. The minimum absolute atomic E-state index is 0.0996. The molecule has 3 nitrogen and oxygen atoms in total. The number of nitrogens with one attached hydrogen (secondary N) is 1. The maximum absolute atomic E-state index is 4.12. The van der Waals surface area contributed by atoms with E-state index in [-0.39, 0.29) is 5.41 Å². The van der Waals surface area contributed by atoms with Crippen LogP contribution < -0.4 is 0 Å². The van der Waals surface area contributed by atoms with Crippen molar-refractivity contribution in [1.29, 1.82) is 0 Å². The van der Waals surface area contributed by atoms with Gasteiger partial charge in [-0.05, 0) is 11.8 Å². The van der Waals surface area contributed by atoms with Crippen molar-refractivity contribution in [2.24, 2.45) is 11.8 Å². The summed E-state index contributed by atoms with van der Waals surface area (Å²) in [6.07, 6.45) is 3.11. The van der Waals surface area contributed by atoms with E-state index in [1.807, 2.05) is 6.20 Å². The van der Waals surface area contributed by atoms with E-state index in [2.05, 4.69) is 50.0 Å². The van der Waals surface area contributed by atoms with Crippen LogP contribution in [0.5, 0.6) is 0 Å². The quantitative estimate of drug-likeness (QED) is 0.802. The van der Waals surface area contributed by atoms with Gasteiger partial charge in [0.1, 0.15) is 0 Å². The molecule has 1 unspecified atom stereocenters. The lowest BCUT2D eigenvalue weighted by molar-refractivity contribution is 0.238. The van der Waals surface area contributed by atoms with Gasteiger partial charge in [-0.1, -0.05) is 46.3 Å². The maximum Gasteiger partial charge on any atom is 0.0883 e. The molecule has 14 heavy (non-hydrogen) atoms. The Morgan fingerprint density at radius 2 is 2.07 bits per heavy atom. The molecule has 0 aliphatic rings. The molecule has 2 atom stereocenters. The Balaban J connectivity index is 2.84. The average molecular weight is 195 g/mol. The van der Waals surface area contributed by atoms with Gasteiger partial charge >= 0.3 is 0 Å². The summed E-state index contributed by atoms with van der Waals surface area (Å²) in [5.74, 6) is 1.32. The summed E-state index contributed by atoms with van der Waals surface area (Å²) in [5, 5.41) is 10.7. The number of nitrogens with zero attached hydrogens (tertiary/aromatic N) is 2. The Morgan fingerprint density at radius 3 is 2.50 bits per heavy atom. The fourth-order valence-corrected chi connectivity index (χ4v) is 1.81. The molecule has 80 valence electrons. The van der Waals surface area contributed by atoms with E-state index in [4.69, 9.17) is 0 Å². The Labute approximate surface area is 86.3 Å². The van der Waals surface area contributed by atoms with Crippen molar-refractivity contribution in [2.75, 3.05) is 0 Å². The molecular formula is C11H21N3. The number of hydrogen-bond acceptors (Lipinski definition) is 2. The van der Waals surface area contributed by atoms with Crippen molar-refractivity contribution in [1.82, 2.24) is 15.4 Å². The van der Waals surface area contributed by atoms with E-state index >= 15 is 0 Å². The molecule has 0 saturated carbocycles. The van der Waals surface area contributed by atoms with E-state index in [9.17, 15) is 0 Å². The molecule has 0 aromatic carbocycles. The number of aromatic nitrogens is 3. The zero-order chi connectivity index (χ0) is 10.8. The highest BCUT2D eigenvalue weighted by molar-refractivity contribution is 5.10. The third-order valence-corrected chi connectivity index (χ3v) is 3.71. The van der Waals surface area contributed by atoms with Crippen molar-refractivity contribution in [3.63, 3.8) is 0 Å². The summed E-state index contributed by atoms with van der Waals surface area (Å²) in [6, 6.07) is 0. The van der Waals surface area contributed by atoms with Crippen LogP contribution in [0.25, 0.3) is 0 Å². The van der Waals surface area contributed by atoms with E-state index < -0.39 is 0 Å². The molecule has 3 heteroatoms. The SMILES string of the molecule is CC[C@@H](C)C(C)C(C)(C)c1c[nH]nn1. The maximum atomic E-state index is 4.12. The lowest BCUT2D eigenvalue weighted by Gasteiger charge is -2.33. The second-order valence-electron chi connectivity index (χ2n) is 4.75. The smallest absolute Gasteiger partial charge is 0.0883 e. The first-order chi connectivity index (χ1) is 6.50. The Hall–Kier alpha value is -0.860. The van der Waals surface area contributed by atoms with Crippen molar-refractivity contribution >= 4 is 0 Å². The first-order valence-electron chi connectivity index (χ1n) is 5.37. The topological polar surface area (TPSA) is 41.6 Å². The summed E-state index contributed by atoms with van der Waals surface area (Å²) in [7, 11) is 0. The van der Waals surface area contributed by atoms with E-state index in [1.54, 1.807) is 0 Å². The van der Waals surface area contributed by atoms with E-state index in [0.717, 1.165) is 5.69 Å². The van der Waals surface area contributed by atoms with Crippen LogP contribution in [0, 0.1) is 11.8 Å². The third-order valence-electron chi connectivity index (χ3n) is 3.71. The molecule has 0 aliphatic carbocycles. The van der Waals surface area contributed by atoms with Gasteiger partial charge in [-0.3, -0.25) is 5.10 Å². The van der Waals surface area contributed by atoms with Gasteiger partial charge < -0.3 is 0 Å². The van der Waals surface area contributed by atoms with Crippen molar-refractivity contribution in [3.8, 4) is 0 Å². The van der Waals surface area contributed by atoms with Crippen LogP contribution in [-0.4, -0.2) is 15.4 Å². The monoisotopic (exact) mass is 195 g/mol. The van der Waals surface area contributed by atoms with Gasteiger partial charge in [0.05, 0.1) is 5.69 Å². The molecule has 0 amide bonds. The summed E-state index contributed by atoms with van der Waals surface area (Å²) >= 11 is 0. The Kier molecular flexibility index (Phi) is 3.29. The van der Waals surface area contributed by atoms with Gasteiger partial charge in [0.15, 0.2) is 0 Å². The van der Waals surface area contributed by atoms with Crippen molar-refractivity contribution < 1.29 is 0 Å². The first-order valence-corrected chi connectivity index (χ1v) is 5.37. The Bertz CT molecular complexity index is 264. The van der Waals surface area contributed by atoms with E-state index in [1.165, 1.54) is 6.42 Å². The fraction of sp³-hybridized carbons (Fsp3) is 0.818. The van der Waals surface area contributed by atoms with Crippen molar-refractivity contribution in [3.05, 3.63) is 11.9 Å². The molecule has 1 aromatic heterocycles. The van der Waals surface area contributed by atoms with Crippen LogP contribution in [0.1, 0.15) is 46.7 Å². The van der Waals surface area contributed by atoms with Crippen LogP contribution >= 0.6 is 0 Å². The fourth-order valence-electron chi connectivity index (χ4n) is 1.81. The molecule has 1 rings (SSSR count). The normalized spacial score (nSPS) is 16.6. The molecule has 1 heterocycles. The molecule has 1 N–H and O–H groups in total. The highest BCUT2D eigenvalue weighted by Gasteiger charge is 2.32. The zero-order valence-electron chi connectivity index (χ0n) is 9.83. The molecule has 0 aliphatic heterocycles. The van der Waals surface area contributed by atoms with Crippen LogP contribution in [-0.2, 0) is 5.41 Å². The summed E-state index contributed by atoms with van der Waals surface area (Å²) in [6.45, 7) is 11.3. The van der Waals surface area contributed by atoms with Gasteiger partial charge in [-0.15, -0.1) is 5.10 Å². The van der Waals surface area contributed by atoms with Crippen LogP contribution in [0.4, 0.5) is 0 Å². The van der Waals surface area contributed by atoms with Crippen molar-refractivity contribution in [2.45, 2.75) is 46.5 Å². The molecule has 1 aromatic rings. The number of rotatable bonds is 4. The molecule has 0 spiro atoms. The highest BCUT2D eigenvalue weighted by atomic mass is 15.3. The lowest BCUT2D eigenvalue weighted by Crippen LogP contribution is -2.31. The highest BCUT2D eigenvalue weighted by Crippen LogP contribution is 2.35. The van der Waals surface area contributed by atoms with Gasteiger partial charge in [0, 0.05) is 11.6 Å². The minimum Gasteiger partial charge on any atom is -0.265 e. The van der Waals surface area contributed by atoms with Crippen LogP contribution in [0.15, 0.2) is 6.20 Å². The standard InChI is InChI=1S/C11H21N3/c1-6-8(2)9(3)11(4,5)10-7-12-14-13-10/h7-9H,6H2,1-5H3,(H,12,13,14)/t8-,9?/m1/s1. The average Bonchev–Trinajstić information content (AvgIpc) is 2.68. The van der Waals surface area contributed by atoms with Crippen LogP contribution in [0.3, 0.4) is 0 Å². The molecule has 0 fully saturated rings. The summed E-state index contributed by atoms with van der Waals surface area (Å²) in [5.41, 5.74) is 1.16. The number of H-pyrrole nitrogens is 1. The lowest BCUT2D eigenvalue weighted by atomic mass is 9.71. The zero-order valence-corrected chi connectivity index (χ0v) is 9.83. The second kappa shape index (κ2) is 4.11. The largest absolute Gasteiger partial charge is 0.265 e. The Morgan fingerprint density at radius 1 is 1.43 bits per heavy atom. The molecule has 0 bridgehead atoms. The predicted molar refractivity (Wildman–Crippen MR) is 58.0 cm³/mol. The minimum atomic E-state index is 0.0996. The van der Waals surface area contributed by atoms with Crippen LogP contribution in [0.2, 0.25) is 0 Å². The van der Waals surface area contributed by atoms with E-state index in [0.29, 0.717) is 11.8 Å². The molecular weight excluding hydrogens is 174 g/mol. The number of aromatic amines is 1. The van der Waals surface area contributed by atoms with Gasteiger partial charge in [0.2, 0.25) is 0 Å². The molecule has 0 saturated heterocycles. The van der Waals surface area contributed by atoms with Gasteiger partial charge in [-0.2, -0.15) is 0 Å². The summed E-state index contributed by atoms with van der Waals surface area (Å²) in [4.78, 5) is 0. The first kappa shape index (κ1) is 11.2. The predicted octanol–water partition coefficient (Wildman–Crippen LogP) is 2.76. The van der Waals surface area contributed by atoms with Gasteiger partial charge in [-0.25, -0.2) is 0 Å².